The molecule has 4 nitrogen and oxygen atoms in total. The van der Waals surface area contributed by atoms with E-state index in [2.05, 4.69) is 42.6 Å². The Bertz CT molecular complexity index is 696. The Balaban J connectivity index is 0.000000277. The van der Waals surface area contributed by atoms with Gasteiger partial charge in [-0.1, -0.05) is 30.3 Å². The zero-order valence-electron chi connectivity index (χ0n) is 13.6. The highest BCUT2D eigenvalue weighted by Crippen LogP contribution is 2.34. The molecule has 0 saturated carbocycles. The lowest BCUT2D eigenvalue weighted by atomic mass is 9.99. The normalized spacial score (nSPS) is 15.4. The van der Waals surface area contributed by atoms with E-state index in [1.54, 1.807) is 0 Å². The molecule has 1 aliphatic heterocycles. The van der Waals surface area contributed by atoms with E-state index in [0.29, 0.717) is 5.92 Å². The van der Waals surface area contributed by atoms with E-state index >= 15 is 0 Å². The zero-order chi connectivity index (χ0) is 18.4. The van der Waals surface area contributed by atoms with Gasteiger partial charge in [-0.15, -0.1) is 11.3 Å². The first-order chi connectivity index (χ1) is 11.8. The van der Waals surface area contributed by atoms with E-state index in [0.717, 1.165) is 13.1 Å². The van der Waals surface area contributed by atoms with Crippen LogP contribution in [0.15, 0.2) is 30.3 Å². The molecule has 1 aromatic heterocycles. The number of thiazole rings is 1. The molecule has 136 valence electrons. The number of carboxylic acids is 1. The number of hydrogen-bond acceptors (Lipinski definition) is 4. The second-order valence-electron chi connectivity index (χ2n) is 5.65. The third-order valence-electron chi connectivity index (χ3n) is 3.79. The van der Waals surface area contributed by atoms with E-state index in [9.17, 15) is 13.2 Å². The molecule has 1 saturated heterocycles. The van der Waals surface area contributed by atoms with Gasteiger partial charge < -0.3 is 10.4 Å². The Morgan fingerprint density at radius 1 is 1.24 bits per heavy atom. The Morgan fingerprint density at radius 2 is 1.80 bits per heavy atom. The van der Waals surface area contributed by atoms with Gasteiger partial charge in [-0.25, -0.2) is 9.78 Å². The van der Waals surface area contributed by atoms with Gasteiger partial charge in [0, 0.05) is 16.4 Å². The molecule has 1 aliphatic rings. The number of nitrogens with one attached hydrogen (secondary N) is 1. The van der Waals surface area contributed by atoms with Crippen molar-refractivity contribution in [1.82, 2.24) is 10.3 Å². The number of benzene rings is 1. The molecule has 25 heavy (non-hydrogen) atoms. The van der Waals surface area contributed by atoms with Gasteiger partial charge in [-0.2, -0.15) is 13.2 Å². The number of alkyl halides is 3. The van der Waals surface area contributed by atoms with Crippen molar-refractivity contribution in [3.8, 4) is 11.3 Å². The Morgan fingerprint density at radius 3 is 2.32 bits per heavy atom. The van der Waals surface area contributed by atoms with Crippen LogP contribution < -0.4 is 5.32 Å². The predicted octanol–water partition coefficient (Wildman–Crippen LogP) is 4.22. The third-order valence-corrected chi connectivity index (χ3v) is 4.92. The van der Waals surface area contributed by atoms with Crippen LogP contribution in [0.3, 0.4) is 0 Å². The molecule has 0 unspecified atom stereocenters. The van der Waals surface area contributed by atoms with Gasteiger partial charge in [-0.3, -0.25) is 0 Å². The summed E-state index contributed by atoms with van der Waals surface area (Å²) >= 11 is 1.88. The summed E-state index contributed by atoms with van der Waals surface area (Å²) in [5.74, 6) is -2.10. The van der Waals surface area contributed by atoms with Crippen LogP contribution in [-0.2, 0) is 4.79 Å². The molecule has 0 atom stereocenters. The number of aryl methyl sites for hydroxylation is 1. The molecule has 0 aliphatic carbocycles. The van der Waals surface area contributed by atoms with E-state index in [1.165, 1.54) is 34.0 Å². The number of piperidine rings is 1. The molecule has 1 aromatic carbocycles. The van der Waals surface area contributed by atoms with Crippen molar-refractivity contribution < 1.29 is 23.1 Å². The number of aliphatic carboxylic acids is 1. The number of carbonyl (C=O) groups is 1. The molecule has 2 heterocycles. The zero-order valence-corrected chi connectivity index (χ0v) is 14.5. The number of aromatic nitrogens is 1. The molecular formula is C17H19F3N2O2S. The van der Waals surface area contributed by atoms with E-state index in [1.807, 2.05) is 11.3 Å². The summed E-state index contributed by atoms with van der Waals surface area (Å²) < 4.78 is 31.7. The van der Waals surface area contributed by atoms with Gasteiger partial charge in [0.2, 0.25) is 0 Å². The molecule has 0 radical (unpaired) electrons. The largest absolute Gasteiger partial charge is 0.490 e. The molecule has 2 N–H and O–H groups in total. The second-order valence-corrected chi connectivity index (χ2v) is 6.88. The highest BCUT2D eigenvalue weighted by molar-refractivity contribution is 7.12. The maximum Gasteiger partial charge on any atom is 0.490 e. The fraction of sp³-hybridized carbons (Fsp3) is 0.412. The van der Waals surface area contributed by atoms with Crippen LogP contribution in [0.1, 0.15) is 28.6 Å². The van der Waals surface area contributed by atoms with Gasteiger partial charge in [0.15, 0.2) is 0 Å². The van der Waals surface area contributed by atoms with Crippen molar-refractivity contribution >= 4 is 17.3 Å². The first kappa shape index (κ1) is 19.4. The van der Waals surface area contributed by atoms with Crippen LogP contribution in [0.2, 0.25) is 0 Å². The lowest BCUT2D eigenvalue weighted by Gasteiger charge is -2.20. The number of rotatable bonds is 2. The SMILES string of the molecule is Cc1sc(C2CCNCC2)nc1-c1ccccc1.O=C(O)C(F)(F)F. The van der Waals surface area contributed by atoms with Gasteiger partial charge in [0.25, 0.3) is 0 Å². The fourth-order valence-corrected chi connectivity index (χ4v) is 3.64. The average molecular weight is 372 g/mol. The van der Waals surface area contributed by atoms with E-state index < -0.39 is 12.1 Å². The molecule has 0 bridgehead atoms. The lowest BCUT2D eigenvalue weighted by Crippen LogP contribution is -2.26. The summed E-state index contributed by atoms with van der Waals surface area (Å²) in [6.45, 7) is 4.44. The maximum absolute atomic E-state index is 10.6. The van der Waals surface area contributed by atoms with E-state index in [-0.39, 0.29) is 0 Å². The minimum atomic E-state index is -5.08. The Kier molecular flexibility index (Phi) is 6.55. The maximum atomic E-state index is 10.6. The molecule has 2 aromatic rings. The summed E-state index contributed by atoms with van der Waals surface area (Å²) in [5, 5.41) is 11.9. The summed E-state index contributed by atoms with van der Waals surface area (Å²) in [6, 6.07) is 10.5. The third kappa shape index (κ3) is 5.54. The van der Waals surface area contributed by atoms with Crippen molar-refractivity contribution in [2.24, 2.45) is 0 Å². The first-order valence-corrected chi connectivity index (χ1v) is 8.64. The molecular weight excluding hydrogens is 353 g/mol. The van der Waals surface area contributed by atoms with Crippen LogP contribution >= 0.6 is 11.3 Å². The topological polar surface area (TPSA) is 62.2 Å². The van der Waals surface area contributed by atoms with Gasteiger partial charge in [-0.05, 0) is 32.9 Å². The standard InChI is InChI=1S/C15H18N2S.C2HF3O2/c1-11-14(12-5-3-2-4-6-12)17-15(18-11)13-7-9-16-10-8-13;3-2(4,5)1(6)7/h2-6,13,16H,7-10H2,1H3;(H,6,7). The molecule has 0 spiro atoms. The fourth-order valence-electron chi connectivity index (χ4n) is 2.52. The highest BCUT2D eigenvalue weighted by atomic mass is 32.1. The Hall–Kier alpha value is -1.93. The van der Waals surface area contributed by atoms with Crippen molar-refractivity contribution in [3.05, 3.63) is 40.2 Å². The second kappa shape index (κ2) is 8.44. The number of halogens is 3. The highest BCUT2D eigenvalue weighted by Gasteiger charge is 2.38. The molecule has 1 fully saturated rings. The van der Waals surface area contributed by atoms with Crippen molar-refractivity contribution in [2.75, 3.05) is 13.1 Å². The van der Waals surface area contributed by atoms with E-state index in [4.69, 9.17) is 14.9 Å². The minimum absolute atomic E-state index is 0.660. The van der Waals surface area contributed by atoms with Gasteiger partial charge >= 0.3 is 12.1 Å². The van der Waals surface area contributed by atoms with Crippen LogP contribution in [-0.4, -0.2) is 35.3 Å². The number of nitrogens with zero attached hydrogens (tertiary/aromatic N) is 1. The number of hydrogen-bond donors (Lipinski definition) is 2. The molecule has 3 rings (SSSR count). The quantitative estimate of drug-likeness (QED) is 0.829. The summed E-state index contributed by atoms with van der Waals surface area (Å²) in [4.78, 5) is 15.1. The van der Waals surface area contributed by atoms with Crippen molar-refractivity contribution in [2.45, 2.75) is 31.9 Å². The van der Waals surface area contributed by atoms with Gasteiger partial charge in [0.05, 0.1) is 10.7 Å². The smallest absolute Gasteiger partial charge is 0.475 e. The van der Waals surface area contributed by atoms with Crippen LogP contribution in [0.25, 0.3) is 11.3 Å². The van der Waals surface area contributed by atoms with Crippen LogP contribution in [0.5, 0.6) is 0 Å². The van der Waals surface area contributed by atoms with Crippen molar-refractivity contribution in [1.29, 1.82) is 0 Å². The lowest BCUT2D eigenvalue weighted by molar-refractivity contribution is -0.192. The predicted molar refractivity (Wildman–Crippen MR) is 90.8 cm³/mol. The Labute approximate surface area is 147 Å². The molecule has 8 heteroatoms. The monoisotopic (exact) mass is 372 g/mol. The van der Waals surface area contributed by atoms with Crippen LogP contribution in [0.4, 0.5) is 13.2 Å². The minimum Gasteiger partial charge on any atom is -0.475 e. The van der Waals surface area contributed by atoms with Gasteiger partial charge in [0.1, 0.15) is 0 Å². The summed E-state index contributed by atoms with van der Waals surface area (Å²) in [6.07, 6.45) is -2.64. The molecule has 0 amide bonds. The number of carboxylic acid groups (broad SMARTS) is 1. The summed E-state index contributed by atoms with van der Waals surface area (Å²) in [5.41, 5.74) is 2.42. The van der Waals surface area contributed by atoms with Crippen molar-refractivity contribution in [3.63, 3.8) is 0 Å². The average Bonchev–Trinajstić information content (AvgIpc) is 2.98. The summed E-state index contributed by atoms with van der Waals surface area (Å²) in [7, 11) is 0. The van der Waals surface area contributed by atoms with Crippen LogP contribution in [0, 0.1) is 6.92 Å². The first-order valence-electron chi connectivity index (χ1n) is 7.82.